The number of rotatable bonds is 9. The number of fused-ring (bicyclic) bond motifs is 1. The molecule has 1 heterocycles. The maximum Gasteiger partial charge on any atom is 0.270 e. The van der Waals surface area contributed by atoms with Crippen LogP contribution < -0.4 is 4.74 Å². The van der Waals surface area contributed by atoms with Crippen LogP contribution in [0.5, 0.6) is 5.88 Å². The Balaban J connectivity index is 1.58. The van der Waals surface area contributed by atoms with Crippen LogP contribution in [0.15, 0.2) is 66.7 Å². The smallest absolute Gasteiger partial charge is 0.270 e. The molecule has 0 amide bonds. The Morgan fingerprint density at radius 3 is 2.45 bits per heavy atom. The molecule has 168 valence electrons. The molecule has 0 aliphatic carbocycles. The number of nitro benzene ring substituents is 2. The number of hydrogen-bond acceptors (Lipinski definition) is 6. The molecule has 0 fully saturated rings. The molecule has 4 aromatic rings. The van der Waals surface area contributed by atoms with Crippen molar-refractivity contribution < 1.29 is 19.0 Å². The number of hydrogen-bond donors (Lipinski definition) is 0. The zero-order chi connectivity index (χ0) is 23.4. The van der Waals surface area contributed by atoms with E-state index in [1.807, 2.05) is 0 Å². The molecule has 0 saturated carbocycles. The maximum absolute atomic E-state index is 13.8. The number of aromatic nitrogens is 2. The topological polar surface area (TPSA) is 113 Å². The van der Waals surface area contributed by atoms with Crippen molar-refractivity contribution in [3.63, 3.8) is 0 Å². The Hall–Kier alpha value is -4.34. The summed E-state index contributed by atoms with van der Waals surface area (Å²) in [6.45, 7) is 0.453. The second-order valence-corrected chi connectivity index (χ2v) is 7.39. The minimum Gasteiger partial charge on any atom is -0.476 e. The van der Waals surface area contributed by atoms with Crippen LogP contribution in [0.1, 0.15) is 17.5 Å². The summed E-state index contributed by atoms with van der Waals surface area (Å²) in [4.78, 5) is 21.3. The summed E-state index contributed by atoms with van der Waals surface area (Å²) >= 11 is 0. The van der Waals surface area contributed by atoms with Gasteiger partial charge in [0.25, 0.3) is 11.4 Å². The number of ether oxygens (including phenoxy) is 1. The Morgan fingerprint density at radius 2 is 1.70 bits per heavy atom. The fourth-order valence-electron chi connectivity index (χ4n) is 3.55. The van der Waals surface area contributed by atoms with Gasteiger partial charge in [0, 0.05) is 24.3 Å². The van der Waals surface area contributed by atoms with Crippen LogP contribution in [0.2, 0.25) is 0 Å². The van der Waals surface area contributed by atoms with E-state index >= 15 is 0 Å². The monoisotopic (exact) mass is 450 g/mol. The van der Waals surface area contributed by atoms with Crippen molar-refractivity contribution in [2.24, 2.45) is 0 Å². The molecule has 1 aromatic heterocycles. The lowest BCUT2D eigenvalue weighted by molar-refractivity contribution is -0.385. The van der Waals surface area contributed by atoms with E-state index in [4.69, 9.17) is 4.74 Å². The number of benzene rings is 3. The fraction of sp³-hybridized carbons (Fsp3) is 0.174. The van der Waals surface area contributed by atoms with Gasteiger partial charge >= 0.3 is 0 Å². The molecular weight excluding hydrogens is 431 g/mol. The van der Waals surface area contributed by atoms with E-state index < -0.39 is 9.85 Å². The van der Waals surface area contributed by atoms with Crippen LogP contribution in [0.4, 0.5) is 15.8 Å². The van der Waals surface area contributed by atoms with Gasteiger partial charge in [-0.05, 0) is 36.1 Å². The molecule has 0 atom stereocenters. The molecular formula is C23H19FN4O5. The molecule has 0 N–H and O–H groups in total. The van der Waals surface area contributed by atoms with Crippen LogP contribution >= 0.6 is 0 Å². The van der Waals surface area contributed by atoms with Gasteiger partial charge in [0.05, 0.1) is 33.9 Å². The van der Waals surface area contributed by atoms with Crippen LogP contribution in [0.25, 0.3) is 10.9 Å². The average Bonchev–Trinajstić information content (AvgIpc) is 3.14. The third-order valence-corrected chi connectivity index (χ3v) is 5.15. The Kier molecular flexibility index (Phi) is 6.25. The lowest BCUT2D eigenvalue weighted by Crippen LogP contribution is -2.04. The van der Waals surface area contributed by atoms with E-state index in [0.717, 1.165) is 0 Å². The summed E-state index contributed by atoms with van der Waals surface area (Å²) in [6, 6.07) is 17.0. The zero-order valence-corrected chi connectivity index (χ0v) is 17.4. The molecule has 0 spiro atoms. The number of nitrogens with zero attached hydrogens (tertiary/aromatic N) is 4. The van der Waals surface area contributed by atoms with Crippen LogP contribution in [0, 0.1) is 26.0 Å². The highest BCUT2D eigenvalue weighted by Gasteiger charge is 2.17. The van der Waals surface area contributed by atoms with Crippen molar-refractivity contribution in [3.8, 4) is 5.88 Å². The standard InChI is InChI=1S/C23H19FN4O5/c24-21-9-2-1-6-17(21)7-4-12-33-23-20-14-19(28(31)32)10-11-22(20)26(25-23)15-16-5-3-8-18(13-16)27(29)30/h1-3,5-6,8-11,13-14H,4,7,12,15H2. The minimum atomic E-state index is -0.501. The van der Waals surface area contributed by atoms with E-state index in [1.165, 1.54) is 30.3 Å². The summed E-state index contributed by atoms with van der Waals surface area (Å²) in [6.07, 6.45) is 0.994. The summed E-state index contributed by atoms with van der Waals surface area (Å²) in [5.41, 5.74) is 1.69. The quantitative estimate of drug-likeness (QED) is 0.200. The predicted octanol–water partition coefficient (Wildman–Crippen LogP) is 5.05. The molecule has 0 unspecified atom stereocenters. The molecule has 9 nitrogen and oxygen atoms in total. The Morgan fingerprint density at radius 1 is 0.939 bits per heavy atom. The third-order valence-electron chi connectivity index (χ3n) is 5.15. The lowest BCUT2D eigenvalue weighted by Gasteiger charge is -2.05. The minimum absolute atomic E-state index is 0.0378. The molecule has 0 bridgehead atoms. The van der Waals surface area contributed by atoms with E-state index in [1.54, 1.807) is 41.1 Å². The highest BCUT2D eigenvalue weighted by Crippen LogP contribution is 2.30. The van der Waals surface area contributed by atoms with Gasteiger partial charge in [0.2, 0.25) is 5.88 Å². The van der Waals surface area contributed by atoms with Crippen LogP contribution in [0.3, 0.4) is 0 Å². The number of non-ortho nitro benzene ring substituents is 2. The number of aryl methyl sites for hydroxylation is 1. The predicted molar refractivity (Wildman–Crippen MR) is 119 cm³/mol. The summed E-state index contributed by atoms with van der Waals surface area (Å²) < 4.78 is 21.2. The first kappa shape index (κ1) is 21.9. The van der Waals surface area contributed by atoms with Gasteiger partial charge in [-0.2, -0.15) is 0 Å². The van der Waals surface area contributed by atoms with E-state index in [2.05, 4.69) is 5.10 Å². The molecule has 0 saturated heterocycles. The van der Waals surface area contributed by atoms with Gasteiger partial charge in [-0.3, -0.25) is 24.9 Å². The Bertz CT molecular complexity index is 1340. The van der Waals surface area contributed by atoms with E-state index in [-0.39, 0.29) is 36.2 Å². The summed E-state index contributed by atoms with van der Waals surface area (Å²) in [7, 11) is 0. The largest absolute Gasteiger partial charge is 0.476 e. The van der Waals surface area contributed by atoms with Gasteiger partial charge < -0.3 is 4.74 Å². The first-order chi connectivity index (χ1) is 15.9. The average molecular weight is 450 g/mol. The Labute approximate surface area is 187 Å². The van der Waals surface area contributed by atoms with Gasteiger partial charge in [-0.1, -0.05) is 30.3 Å². The highest BCUT2D eigenvalue weighted by atomic mass is 19.1. The number of halogens is 1. The fourth-order valence-corrected chi connectivity index (χ4v) is 3.55. The van der Waals surface area contributed by atoms with Crippen LogP contribution in [-0.2, 0) is 13.0 Å². The first-order valence-electron chi connectivity index (χ1n) is 10.2. The molecule has 3 aromatic carbocycles. The van der Waals surface area contributed by atoms with Crippen molar-refractivity contribution in [3.05, 3.63) is 104 Å². The van der Waals surface area contributed by atoms with Crippen LogP contribution in [-0.4, -0.2) is 26.2 Å². The molecule has 0 aliphatic rings. The molecule has 0 aliphatic heterocycles. The van der Waals surface area contributed by atoms with Crippen molar-refractivity contribution in [1.29, 1.82) is 0 Å². The van der Waals surface area contributed by atoms with E-state index in [9.17, 15) is 24.6 Å². The van der Waals surface area contributed by atoms with Crippen molar-refractivity contribution >= 4 is 22.3 Å². The second kappa shape index (κ2) is 9.43. The highest BCUT2D eigenvalue weighted by molar-refractivity contribution is 5.86. The zero-order valence-electron chi connectivity index (χ0n) is 17.4. The third kappa shape index (κ3) is 4.95. The lowest BCUT2D eigenvalue weighted by atomic mass is 10.1. The van der Waals surface area contributed by atoms with Crippen molar-refractivity contribution in [1.82, 2.24) is 9.78 Å². The SMILES string of the molecule is O=[N+]([O-])c1cccc(Cn2nc(OCCCc3ccccc3F)c3cc([N+](=O)[O-])ccc32)c1. The molecule has 4 rings (SSSR count). The van der Waals surface area contributed by atoms with Gasteiger partial charge in [0.15, 0.2) is 0 Å². The van der Waals surface area contributed by atoms with Gasteiger partial charge in [-0.15, -0.1) is 5.10 Å². The maximum atomic E-state index is 13.8. The van der Waals surface area contributed by atoms with Crippen molar-refractivity contribution in [2.75, 3.05) is 6.61 Å². The summed E-state index contributed by atoms with van der Waals surface area (Å²) in [5, 5.41) is 27.2. The first-order valence-corrected chi connectivity index (χ1v) is 10.2. The molecule has 33 heavy (non-hydrogen) atoms. The second-order valence-electron chi connectivity index (χ2n) is 7.39. The number of nitro groups is 2. The van der Waals surface area contributed by atoms with E-state index in [0.29, 0.717) is 34.9 Å². The van der Waals surface area contributed by atoms with Crippen molar-refractivity contribution in [2.45, 2.75) is 19.4 Å². The molecule has 0 radical (unpaired) electrons. The van der Waals surface area contributed by atoms with Gasteiger partial charge in [0.1, 0.15) is 5.82 Å². The normalized spacial score (nSPS) is 10.9. The summed E-state index contributed by atoms with van der Waals surface area (Å²) in [5.74, 6) is -0.0625. The van der Waals surface area contributed by atoms with Gasteiger partial charge in [-0.25, -0.2) is 4.39 Å². The molecule has 10 heteroatoms.